The zero-order valence-corrected chi connectivity index (χ0v) is 6.84. The van der Waals surface area contributed by atoms with Gasteiger partial charge in [-0.3, -0.25) is 19.6 Å². The summed E-state index contributed by atoms with van der Waals surface area (Å²) in [6, 6.07) is 0. The minimum absolute atomic E-state index is 0.121. The Bertz CT molecular complexity index is 332. The summed E-state index contributed by atoms with van der Waals surface area (Å²) in [7, 11) is 1.24. The summed E-state index contributed by atoms with van der Waals surface area (Å²) in [4.78, 5) is 20.3. The van der Waals surface area contributed by atoms with Gasteiger partial charge in [0.1, 0.15) is 18.9 Å². The fraction of sp³-hybridized carbons (Fsp3) is 0.333. The first-order chi connectivity index (χ1) is 6.13. The van der Waals surface area contributed by atoms with E-state index in [0.717, 1.165) is 17.1 Å². The number of carbonyl (C=O) groups is 1. The molecule has 1 aromatic rings. The van der Waals surface area contributed by atoms with Gasteiger partial charge in [-0.05, 0) is 0 Å². The van der Waals surface area contributed by atoms with Gasteiger partial charge in [0.25, 0.3) is 0 Å². The third kappa shape index (κ3) is 2.26. The predicted octanol–water partition coefficient (Wildman–Crippen LogP) is -0.0357. The Balaban J connectivity index is 2.69. The first-order valence-corrected chi connectivity index (χ1v) is 3.37. The molecule has 0 saturated carbocycles. The second-order valence-electron chi connectivity index (χ2n) is 2.23. The van der Waals surface area contributed by atoms with Crippen molar-refractivity contribution in [1.29, 1.82) is 0 Å². The van der Waals surface area contributed by atoms with Gasteiger partial charge in [-0.25, -0.2) is 0 Å². The molecule has 0 amide bonds. The number of rotatable bonds is 3. The molecule has 0 aliphatic heterocycles. The van der Waals surface area contributed by atoms with Gasteiger partial charge < -0.3 is 4.74 Å². The molecule has 0 N–H and O–H groups in total. The smallest absolute Gasteiger partial charge is 0.327 e. The molecule has 0 aliphatic carbocycles. The highest BCUT2D eigenvalue weighted by molar-refractivity contribution is 5.68. The zero-order chi connectivity index (χ0) is 9.84. The number of carbonyl (C=O) groups excluding carboxylic acids is 1. The molecule has 0 fully saturated rings. The van der Waals surface area contributed by atoms with E-state index in [1.807, 2.05) is 0 Å². The van der Waals surface area contributed by atoms with E-state index >= 15 is 0 Å². The number of nitro groups is 1. The van der Waals surface area contributed by atoms with E-state index in [1.54, 1.807) is 0 Å². The van der Waals surface area contributed by atoms with Crippen LogP contribution in [0.2, 0.25) is 0 Å². The fourth-order valence-electron chi connectivity index (χ4n) is 0.730. The van der Waals surface area contributed by atoms with Gasteiger partial charge >= 0.3 is 11.7 Å². The summed E-state index contributed by atoms with van der Waals surface area (Å²) in [5.74, 6) is -0.502. The highest BCUT2D eigenvalue weighted by Gasteiger charge is 2.10. The van der Waals surface area contributed by atoms with Gasteiger partial charge in [-0.1, -0.05) is 0 Å². The lowest BCUT2D eigenvalue weighted by molar-refractivity contribution is -0.385. The molecule has 0 bridgehead atoms. The van der Waals surface area contributed by atoms with E-state index in [0.29, 0.717) is 0 Å². The maximum atomic E-state index is 10.7. The summed E-state index contributed by atoms with van der Waals surface area (Å²) >= 11 is 0. The second kappa shape index (κ2) is 3.65. The van der Waals surface area contributed by atoms with Gasteiger partial charge in [0, 0.05) is 0 Å². The minimum atomic E-state index is -0.583. The van der Waals surface area contributed by atoms with Crippen molar-refractivity contribution < 1.29 is 14.5 Å². The Hall–Kier alpha value is -1.92. The van der Waals surface area contributed by atoms with Crippen LogP contribution in [0.25, 0.3) is 0 Å². The number of esters is 1. The van der Waals surface area contributed by atoms with Crippen molar-refractivity contribution in [2.45, 2.75) is 6.54 Å². The molecule has 13 heavy (non-hydrogen) atoms. The van der Waals surface area contributed by atoms with Crippen LogP contribution >= 0.6 is 0 Å². The lowest BCUT2D eigenvalue weighted by Crippen LogP contribution is -2.11. The van der Waals surface area contributed by atoms with Crippen molar-refractivity contribution in [3.63, 3.8) is 0 Å². The monoisotopic (exact) mass is 185 g/mol. The molecule has 0 unspecified atom stereocenters. The molecule has 7 nitrogen and oxygen atoms in total. The molecule has 0 atom stereocenters. The molecular formula is C6H7N3O4. The summed E-state index contributed by atoms with van der Waals surface area (Å²) < 4.78 is 5.50. The molecule has 1 heterocycles. The Morgan fingerprint density at radius 3 is 3.00 bits per heavy atom. The number of methoxy groups -OCH3 is 1. The minimum Gasteiger partial charge on any atom is -0.468 e. The van der Waals surface area contributed by atoms with Gasteiger partial charge in [0.2, 0.25) is 0 Å². The molecule has 1 aromatic heterocycles. The number of ether oxygens (including phenoxy) is 1. The molecule has 1 rings (SSSR count). The van der Waals surface area contributed by atoms with Crippen molar-refractivity contribution in [1.82, 2.24) is 9.78 Å². The second-order valence-corrected chi connectivity index (χ2v) is 2.23. The standard InChI is InChI=1S/C6H7N3O4/c1-13-6(10)4-8-3-5(2-7-8)9(11)12/h2-3H,4H2,1H3. The van der Waals surface area contributed by atoms with E-state index in [1.165, 1.54) is 7.11 Å². The van der Waals surface area contributed by atoms with Crippen molar-refractivity contribution in [2.75, 3.05) is 7.11 Å². The number of hydrogen-bond donors (Lipinski definition) is 0. The normalized spacial score (nSPS) is 9.62. The highest BCUT2D eigenvalue weighted by atomic mass is 16.6. The van der Waals surface area contributed by atoms with E-state index < -0.39 is 10.9 Å². The van der Waals surface area contributed by atoms with Gasteiger partial charge in [0.15, 0.2) is 0 Å². The van der Waals surface area contributed by atoms with Crippen molar-refractivity contribution in [2.24, 2.45) is 0 Å². The quantitative estimate of drug-likeness (QED) is 0.374. The lowest BCUT2D eigenvalue weighted by atomic mass is 10.6. The van der Waals surface area contributed by atoms with Crippen LogP contribution in [-0.2, 0) is 16.1 Å². The Labute approximate surface area is 73.1 Å². The van der Waals surface area contributed by atoms with E-state index in [4.69, 9.17) is 0 Å². The van der Waals surface area contributed by atoms with Crippen LogP contribution in [0.5, 0.6) is 0 Å². The van der Waals surface area contributed by atoms with Gasteiger partial charge in [0.05, 0.1) is 12.0 Å². The largest absolute Gasteiger partial charge is 0.468 e. The average molecular weight is 185 g/mol. The van der Waals surface area contributed by atoms with Gasteiger partial charge in [-0.2, -0.15) is 5.10 Å². The molecule has 7 heteroatoms. The van der Waals surface area contributed by atoms with E-state index in [-0.39, 0.29) is 12.2 Å². The van der Waals surface area contributed by atoms with Crippen molar-refractivity contribution in [3.05, 3.63) is 22.5 Å². The summed E-state index contributed by atoms with van der Waals surface area (Å²) in [6.07, 6.45) is 2.24. The van der Waals surface area contributed by atoms with Crippen LogP contribution < -0.4 is 0 Å². The zero-order valence-electron chi connectivity index (χ0n) is 6.84. The first kappa shape index (κ1) is 9.17. The summed E-state index contributed by atoms with van der Waals surface area (Å²) in [5.41, 5.74) is -0.149. The third-order valence-corrected chi connectivity index (χ3v) is 1.35. The topological polar surface area (TPSA) is 87.3 Å². The third-order valence-electron chi connectivity index (χ3n) is 1.35. The van der Waals surface area contributed by atoms with E-state index in [2.05, 4.69) is 9.84 Å². The van der Waals surface area contributed by atoms with Crippen LogP contribution in [-0.4, -0.2) is 27.8 Å². The maximum Gasteiger partial charge on any atom is 0.327 e. The number of nitrogens with zero attached hydrogens (tertiary/aromatic N) is 3. The van der Waals surface area contributed by atoms with Crippen LogP contribution in [0.1, 0.15) is 0 Å². The van der Waals surface area contributed by atoms with Crippen molar-refractivity contribution >= 4 is 11.7 Å². The van der Waals surface area contributed by atoms with Crippen molar-refractivity contribution in [3.8, 4) is 0 Å². The van der Waals surface area contributed by atoms with Gasteiger partial charge in [-0.15, -0.1) is 0 Å². The number of aromatic nitrogens is 2. The highest BCUT2D eigenvalue weighted by Crippen LogP contribution is 2.07. The first-order valence-electron chi connectivity index (χ1n) is 3.37. The SMILES string of the molecule is COC(=O)Cn1cc([N+](=O)[O-])cn1. The number of hydrogen-bond acceptors (Lipinski definition) is 5. The molecule has 0 aromatic carbocycles. The molecule has 0 radical (unpaired) electrons. The predicted molar refractivity (Wildman–Crippen MR) is 40.9 cm³/mol. The molecule has 0 saturated heterocycles. The van der Waals surface area contributed by atoms with Crippen LogP contribution in [0.3, 0.4) is 0 Å². The molecule has 0 spiro atoms. The van der Waals surface area contributed by atoms with Crippen LogP contribution in [0, 0.1) is 10.1 Å². The summed E-state index contributed by atoms with van der Waals surface area (Å²) in [5, 5.41) is 13.8. The molecular weight excluding hydrogens is 178 g/mol. The average Bonchev–Trinajstić information content (AvgIpc) is 2.52. The maximum absolute atomic E-state index is 10.7. The van der Waals surface area contributed by atoms with E-state index in [9.17, 15) is 14.9 Å². The molecule has 70 valence electrons. The van der Waals surface area contributed by atoms with Crippen LogP contribution in [0.15, 0.2) is 12.4 Å². The Morgan fingerprint density at radius 1 is 1.85 bits per heavy atom. The summed E-state index contributed by atoms with van der Waals surface area (Å²) in [6.45, 7) is -0.121. The lowest BCUT2D eigenvalue weighted by Gasteiger charge is -1.96. The fourth-order valence-corrected chi connectivity index (χ4v) is 0.730. The Kier molecular flexibility index (Phi) is 2.58. The Morgan fingerprint density at radius 2 is 2.54 bits per heavy atom. The molecule has 0 aliphatic rings. The van der Waals surface area contributed by atoms with Crippen LogP contribution in [0.4, 0.5) is 5.69 Å².